The topological polar surface area (TPSA) is 90.0 Å². The van der Waals surface area contributed by atoms with Gasteiger partial charge in [-0.3, -0.25) is 14.2 Å². The van der Waals surface area contributed by atoms with Gasteiger partial charge in [-0.25, -0.2) is 4.98 Å². The lowest BCUT2D eigenvalue weighted by Gasteiger charge is -2.10. The second kappa shape index (κ2) is 5.68. The first kappa shape index (κ1) is 15.0. The van der Waals surface area contributed by atoms with Gasteiger partial charge in [0.1, 0.15) is 18.3 Å². The number of amides is 1. The maximum Gasteiger partial charge on any atom is 0.267 e. The zero-order valence-corrected chi connectivity index (χ0v) is 13.1. The smallest absolute Gasteiger partial charge is 0.267 e. The van der Waals surface area contributed by atoms with Gasteiger partial charge in [0.25, 0.3) is 11.3 Å². The van der Waals surface area contributed by atoms with Crippen molar-refractivity contribution in [3.63, 3.8) is 0 Å². The maximum absolute atomic E-state index is 12.4. The van der Waals surface area contributed by atoms with Crippen molar-refractivity contribution in [3.05, 3.63) is 51.7 Å². The summed E-state index contributed by atoms with van der Waals surface area (Å²) in [6, 6.07) is 5.80. The highest BCUT2D eigenvalue weighted by atomic mass is 16.5. The van der Waals surface area contributed by atoms with E-state index in [4.69, 9.17) is 4.52 Å². The summed E-state index contributed by atoms with van der Waals surface area (Å²) in [5, 5.41) is 6.83. The molecule has 1 aromatic carbocycles. The largest absolute Gasteiger partial charge is 0.335 e. The predicted octanol–water partition coefficient (Wildman–Crippen LogP) is 1.95. The number of rotatable bonds is 3. The van der Waals surface area contributed by atoms with Crippen molar-refractivity contribution in [1.29, 1.82) is 0 Å². The summed E-state index contributed by atoms with van der Waals surface area (Å²) in [5.41, 5.74) is 3.04. The van der Waals surface area contributed by atoms with Crippen LogP contribution >= 0.6 is 0 Å². The van der Waals surface area contributed by atoms with E-state index < -0.39 is 0 Å². The van der Waals surface area contributed by atoms with Crippen LogP contribution in [0.5, 0.6) is 0 Å². The Kier molecular flexibility index (Phi) is 3.69. The van der Waals surface area contributed by atoms with Crippen LogP contribution in [-0.4, -0.2) is 20.6 Å². The van der Waals surface area contributed by atoms with Gasteiger partial charge < -0.3 is 9.84 Å². The van der Waals surface area contributed by atoms with E-state index in [1.54, 1.807) is 6.92 Å². The molecule has 0 aliphatic carbocycles. The molecule has 0 bridgehead atoms. The minimum absolute atomic E-state index is 0.125. The molecule has 1 N–H and O–H groups in total. The Morgan fingerprint density at radius 2 is 2.09 bits per heavy atom. The third-order valence-electron chi connectivity index (χ3n) is 3.61. The number of hydrogen-bond donors (Lipinski definition) is 1. The number of nitrogens with zero attached hydrogens (tertiary/aromatic N) is 3. The Balaban J connectivity index is 1.86. The third-order valence-corrected chi connectivity index (χ3v) is 3.61. The van der Waals surface area contributed by atoms with Gasteiger partial charge in [0.15, 0.2) is 0 Å². The molecule has 3 rings (SSSR count). The molecule has 7 nitrogen and oxygen atoms in total. The Labute approximate surface area is 131 Å². The second-order valence-corrected chi connectivity index (χ2v) is 5.49. The second-order valence-electron chi connectivity index (χ2n) is 5.49. The van der Waals surface area contributed by atoms with Crippen LogP contribution in [0, 0.1) is 20.8 Å². The average Bonchev–Trinajstić information content (AvgIpc) is 2.88. The molecule has 2 heterocycles. The molecule has 0 spiro atoms. The molecule has 0 aliphatic heterocycles. The SMILES string of the molecule is Cc1ccc(C)c(NC(=O)Cn2cnc3onc(C)c3c2=O)c1. The van der Waals surface area contributed by atoms with Crippen molar-refractivity contribution >= 4 is 22.7 Å². The summed E-state index contributed by atoms with van der Waals surface area (Å²) in [5.74, 6) is -0.295. The van der Waals surface area contributed by atoms with E-state index in [-0.39, 0.29) is 23.7 Å². The number of aryl methyl sites for hydroxylation is 3. The molecule has 0 atom stereocenters. The number of fused-ring (bicyclic) bond motifs is 1. The fourth-order valence-corrected chi connectivity index (χ4v) is 2.34. The van der Waals surface area contributed by atoms with Crippen LogP contribution in [0.3, 0.4) is 0 Å². The van der Waals surface area contributed by atoms with Crippen LogP contribution < -0.4 is 10.9 Å². The molecule has 0 aliphatic rings. The summed E-state index contributed by atoms with van der Waals surface area (Å²) >= 11 is 0. The van der Waals surface area contributed by atoms with Crippen molar-refractivity contribution < 1.29 is 9.32 Å². The molecule has 0 fully saturated rings. The third kappa shape index (κ3) is 2.85. The normalized spacial score (nSPS) is 10.9. The molecule has 118 valence electrons. The fraction of sp³-hybridized carbons (Fsp3) is 0.250. The summed E-state index contributed by atoms with van der Waals surface area (Å²) in [4.78, 5) is 28.6. The average molecular weight is 312 g/mol. The first-order chi connectivity index (χ1) is 11.0. The van der Waals surface area contributed by atoms with Crippen molar-refractivity contribution in [1.82, 2.24) is 14.7 Å². The predicted molar refractivity (Wildman–Crippen MR) is 85.3 cm³/mol. The molecular formula is C16H16N4O3. The molecule has 1 amide bonds. The molecule has 2 aromatic heterocycles. The minimum atomic E-state index is -0.343. The van der Waals surface area contributed by atoms with Crippen molar-refractivity contribution in [2.45, 2.75) is 27.3 Å². The highest BCUT2D eigenvalue weighted by Crippen LogP contribution is 2.16. The number of benzene rings is 1. The van der Waals surface area contributed by atoms with E-state index in [1.165, 1.54) is 10.9 Å². The highest BCUT2D eigenvalue weighted by Gasteiger charge is 2.14. The van der Waals surface area contributed by atoms with Gasteiger partial charge in [-0.15, -0.1) is 0 Å². The van der Waals surface area contributed by atoms with E-state index in [1.807, 2.05) is 32.0 Å². The molecule has 0 saturated heterocycles. The van der Waals surface area contributed by atoms with Gasteiger partial charge in [0.05, 0.1) is 5.69 Å². The first-order valence-corrected chi connectivity index (χ1v) is 7.14. The zero-order chi connectivity index (χ0) is 16.6. The molecule has 23 heavy (non-hydrogen) atoms. The summed E-state index contributed by atoms with van der Waals surface area (Å²) < 4.78 is 6.18. The van der Waals surface area contributed by atoms with Gasteiger partial charge >= 0.3 is 0 Å². The Morgan fingerprint density at radius 3 is 2.87 bits per heavy atom. The van der Waals surface area contributed by atoms with E-state index in [0.29, 0.717) is 11.1 Å². The minimum Gasteiger partial charge on any atom is -0.335 e. The fourth-order valence-electron chi connectivity index (χ4n) is 2.34. The van der Waals surface area contributed by atoms with Gasteiger partial charge in [-0.2, -0.15) is 0 Å². The number of carbonyl (C=O) groups excluding carboxylic acids is 1. The summed E-state index contributed by atoms with van der Waals surface area (Å²) in [6.45, 7) is 5.40. The number of aromatic nitrogens is 3. The zero-order valence-electron chi connectivity index (χ0n) is 13.1. The van der Waals surface area contributed by atoms with E-state index in [0.717, 1.165) is 16.8 Å². The lowest BCUT2D eigenvalue weighted by atomic mass is 10.1. The monoisotopic (exact) mass is 312 g/mol. The van der Waals surface area contributed by atoms with Crippen LogP contribution in [0.4, 0.5) is 5.69 Å². The van der Waals surface area contributed by atoms with E-state index in [9.17, 15) is 9.59 Å². The quantitative estimate of drug-likeness (QED) is 0.798. The Morgan fingerprint density at radius 1 is 1.30 bits per heavy atom. The van der Waals surface area contributed by atoms with Crippen LogP contribution in [0.25, 0.3) is 11.1 Å². The Hall–Kier alpha value is -2.96. The first-order valence-electron chi connectivity index (χ1n) is 7.14. The molecule has 0 saturated carbocycles. The van der Waals surface area contributed by atoms with Gasteiger partial charge in [0, 0.05) is 5.69 Å². The van der Waals surface area contributed by atoms with Crippen LogP contribution in [-0.2, 0) is 11.3 Å². The Bertz CT molecular complexity index is 956. The van der Waals surface area contributed by atoms with Gasteiger partial charge in [0.2, 0.25) is 5.91 Å². The number of anilines is 1. The maximum atomic E-state index is 12.4. The lowest BCUT2D eigenvalue weighted by molar-refractivity contribution is -0.116. The van der Waals surface area contributed by atoms with Crippen molar-refractivity contribution in [3.8, 4) is 0 Å². The van der Waals surface area contributed by atoms with E-state index >= 15 is 0 Å². The summed E-state index contributed by atoms with van der Waals surface area (Å²) in [6.07, 6.45) is 1.29. The molecule has 3 aromatic rings. The van der Waals surface area contributed by atoms with E-state index in [2.05, 4.69) is 15.5 Å². The standard InChI is InChI=1S/C16H16N4O3/c1-9-4-5-10(2)12(6-9)18-13(21)7-20-8-17-15-14(16(20)22)11(3)19-23-15/h4-6,8H,7H2,1-3H3,(H,18,21). The lowest BCUT2D eigenvalue weighted by Crippen LogP contribution is -2.28. The van der Waals surface area contributed by atoms with Crippen molar-refractivity contribution in [2.24, 2.45) is 0 Å². The number of carbonyl (C=O) groups is 1. The van der Waals surface area contributed by atoms with Crippen LogP contribution in [0.1, 0.15) is 16.8 Å². The molecule has 0 unspecified atom stereocenters. The number of nitrogens with one attached hydrogen (secondary N) is 1. The summed E-state index contributed by atoms with van der Waals surface area (Å²) in [7, 11) is 0. The highest BCUT2D eigenvalue weighted by molar-refractivity contribution is 5.91. The van der Waals surface area contributed by atoms with Gasteiger partial charge in [-0.05, 0) is 38.0 Å². The van der Waals surface area contributed by atoms with Crippen LogP contribution in [0.2, 0.25) is 0 Å². The number of hydrogen-bond acceptors (Lipinski definition) is 5. The molecule has 0 radical (unpaired) electrons. The molecule has 7 heteroatoms. The van der Waals surface area contributed by atoms with Crippen molar-refractivity contribution in [2.75, 3.05) is 5.32 Å². The van der Waals surface area contributed by atoms with Gasteiger partial charge in [-0.1, -0.05) is 17.3 Å². The van der Waals surface area contributed by atoms with Crippen LogP contribution in [0.15, 0.2) is 33.8 Å². The molecular weight excluding hydrogens is 296 g/mol.